The molecule has 3 N–H and O–H groups in total. The number of hydrogen-bond acceptors (Lipinski definition) is 8. The highest BCUT2D eigenvalue weighted by atomic mass is 19.1. The zero-order valence-electron chi connectivity index (χ0n) is 25.5. The molecule has 10 nitrogen and oxygen atoms in total. The molecule has 46 heavy (non-hydrogen) atoms. The molecule has 1 amide bonds. The SMILES string of the molecule is C[C@@H](OC(=O)Nc1ccc(-c2c(N)c3ccc(Oc4nccc(N5CCOCC5)n4)cc3n2C2CCC2)cc1)c1ccc(F)cc1. The number of nitrogen functional groups attached to an aromatic ring is 1. The summed E-state index contributed by atoms with van der Waals surface area (Å²) < 4.78 is 32.7. The summed E-state index contributed by atoms with van der Waals surface area (Å²) in [5.41, 5.74) is 11.6. The molecule has 1 saturated carbocycles. The molecule has 0 radical (unpaired) electrons. The third-order valence-electron chi connectivity index (χ3n) is 8.65. The molecule has 0 spiro atoms. The number of aromatic nitrogens is 3. The van der Waals surface area contributed by atoms with Gasteiger partial charge in [0.15, 0.2) is 0 Å². The number of nitrogens with zero attached hydrogens (tertiary/aromatic N) is 4. The number of rotatable bonds is 8. The summed E-state index contributed by atoms with van der Waals surface area (Å²) in [5.74, 6) is 1.10. The lowest BCUT2D eigenvalue weighted by Crippen LogP contribution is -2.36. The standard InChI is InChI=1S/C35H35FN6O4/c1-22(23-5-9-25(36)10-6-23)45-35(43)39-26-11-7-24(8-12-26)33-32(37)29-14-13-28(21-30(29)42(33)27-3-2-4-27)46-34-38-16-15-31(40-34)41-17-19-44-20-18-41/h5-16,21-22,27H,2-4,17-20,37H2,1H3,(H,39,43)/t22-/m1/s1. The van der Waals surface area contributed by atoms with E-state index in [9.17, 15) is 9.18 Å². The lowest BCUT2D eigenvalue weighted by Gasteiger charge is -2.30. The minimum atomic E-state index is -0.598. The minimum Gasteiger partial charge on any atom is -0.441 e. The van der Waals surface area contributed by atoms with E-state index in [-0.39, 0.29) is 11.8 Å². The van der Waals surface area contributed by atoms with Crippen LogP contribution in [0, 0.1) is 5.82 Å². The van der Waals surface area contributed by atoms with Gasteiger partial charge in [0.25, 0.3) is 0 Å². The van der Waals surface area contributed by atoms with Crippen LogP contribution < -0.4 is 20.7 Å². The second kappa shape index (κ2) is 12.7. The van der Waals surface area contributed by atoms with Crippen LogP contribution in [0.15, 0.2) is 79.0 Å². The number of morpholine rings is 1. The van der Waals surface area contributed by atoms with Gasteiger partial charge in [-0.05, 0) is 74.2 Å². The smallest absolute Gasteiger partial charge is 0.412 e. The number of carbonyl (C=O) groups is 1. The Bertz CT molecular complexity index is 1850. The fourth-order valence-electron chi connectivity index (χ4n) is 5.97. The van der Waals surface area contributed by atoms with Gasteiger partial charge < -0.3 is 29.4 Å². The summed E-state index contributed by atoms with van der Waals surface area (Å²) in [6.07, 6.45) is 3.85. The molecule has 1 aliphatic carbocycles. The lowest BCUT2D eigenvalue weighted by molar-refractivity contribution is 0.121. The Morgan fingerprint density at radius 1 is 1.04 bits per heavy atom. The second-order valence-corrected chi connectivity index (χ2v) is 11.6. The van der Waals surface area contributed by atoms with Crippen LogP contribution in [0.25, 0.3) is 22.2 Å². The number of anilines is 3. The number of halogens is 1. The maximum Gasteiger partial charge on any atom is 0.412 e. The Morgan fingerprint density at radius 3 is 2.52 bits per heavy atom. The Kier molecular flexibility index (Phi) is 8.15. The number of fused-ring (bicyclic) bond motifs is 1. The van der Waals surface area contributed by atoms with Gasteiger partial charge in [0.05, 0.1) is 30.1 Å². The number of nitrogens with one attached hydrogen (secondary N) is 1. The highest BCUT2D eigenvalue weighted by Crippen LogP contribution is 2.45. The largest absolute Gasteiger partial charge is 0.441 e. The molecule has 2 aromatic heterocycles. The molecular weight excluding hydrogens is 587 g/mol. The zero-order chi connectivity index (χ0) is 31.6. The van der Waals surface area contributed by atoms with Gasteiger partial charge in [0.1, 0.15) is 23.5 Å². The van der Waals surface area contributed by atoms with E-state index >= 15 is 0 Å². The van der Waals surface area contributed by atoms with Crippen molar-refractivity contribution >= 4 is 34.2 Å². The van der Waals surface area contributed by atoms with Gasteiger partial charge in [0, 0.05) is 48.0 Å². The van der Waals surface area contributed by atoms with Crippen molar-refractivity contribution in [3.05, 3.63) is 90.4 Å². The van der Waals surface area contributed by atoms with Gasteiger partial charge in [-0.25, -0.2) is 14.2 Å². The minimum absolute atomic E-state index is 0.284. The van der Waals surface area contributed by atoms with Gasteiger partial charge in [-0.3, -0.25) is 5.32 Å². The number of nitrogens with two attached hydrogens (primary N) is 1. The molecule has 7 rings (SSSR count). The Balaban J connectivity index is 1.12. The van der Waals surface area contributed by atoms with Crippen LogP contribution in [-0.4, -0.2) is 46.9 Å². The van der Waals surface area contributed by atoms with Crippen molar-refractivity contribution in [3.8, 4) is 23.0 Å². The van der Waals surface area contributed by atoms with Crippen molar-refractivity contribution < 1.29 is 23.4 Å². The van der Waals surface area contributed by atoms with Gasteiger partial charge >= 0.3 is 12.1 Å². The molecule has 3 aromatic carbocycles. The first-order chi connectivity index (χ1) is 22.4. The van der Waals surface area contributed by atoms with E-state index in [1.807, 2.05) is 48.5 Å². The highest BCUT2D eigenvalue weighted by Gasteiger charge is 2.27. The zero-order valence-corrected chi connectivity index (χ0v) is 25.5. The van der Waals surface area contributed by atoms with Gasteiger partial charge in [-0.2, -0.15) is 4.98 Å². The van der Waals surface area contributed by atoms with Crippen LogP contribution in [0.3, 0.4) is 0 Å². The topological polar surface area (TPSA) is 117 Å². The molecule has 5 aromatic rings. The molecular formula is C35H35FN6O4. The van der Waals surface area contributed by atoms with Gasteiger partial charge in [0.2, 0.25) is 0 Å². The van der Waals surface area contributed by atoms with E-state index in [0.717, 1.165) is 60.3 Å². The van der Waals surface area contributed by atoms with Crippen molar-refractivity contribution in [2.45, 2.75) is 38.3 Å². The normalized spacial score (nSPS) is 15.7. The van der Waals surface area contributed by atoms with E-state index in [0.29, 0.717) is 41.9 Å². The Labute approximate surface area is 265 Å². The average molecular weight is 623 g/mol. The van der Waals surface area contributed by atoms with Gasteiger partial charge in [-0.1, -0.05) is 24.3 Å². The fraction of sp³-hybridized carbons (Fsp3) is 0.286. The van der Waals surface area contributed by atoms with E-state index in [4.69, 9.17) is 19.9 Å². The number of hydrogen-bond donors (Lipinski definition) is 2. The molecule has 1 atom stereocenters. The number of benzene rings is 3. The summed E-state index contributed by atoms with van der Waals surface area (Å²) in [4.78, 5) is 23.7. The van der Waals surface area contributed by atoms with Crippen LogP contribution >= 0.6 is 0 Å². The monoisotopic (exact) mass is 622 g/mol. The summed E-state index contributed by atoms with van der Waals surface area (Å²) in [6.45, 7) is 4.63. The second-order valence-electron chi connectivity index (χ2n) is 11.6. The predicted octanol–water partition coefficient (Wildman–Crippen LogP) is 7.48. The fourth-order valence-corrected chi connectivity index (χ4v) is 5.97. The highest BCUT2D eigenvalue weighted by molar-refractivity contribution is 6.02. The van der Waals surface area contributed by atoms with Crippen LogP contribution in [-0.2, 0) is 9.47 Å². The summed E-state index contributed by atoms with van der Waals surface area (Å²) in [6, 6.07) is 21.8. The molecule has 3 heterocycles. The third kappa shape index (κ3) is 6.05. The van der Waals surface area contributed by atoms with Crippen LogP contribution in [0.4, 0.5) is 26.4 Å². The van der Waals surface area contributed by atoms with E-state index in [2.05, 4.69) is 24.8 Å². The number of amides is 1. The number of ether oxygens (including phenoxy) is 3. The lowest BCUT2D eigenvalue weighted by atomic mass is 9.92. The molecule has 0 bridgehead atoms. The molecule has 2 aliphatic rings. The van der Waals surface area contributed by atoms with Crippen molar-refractivity contribution in [2.24, 2.45) is 0 Å². The maximum absolute atomic E-state index is 13.3. The molecule has 0 unspecified atom stereocenters. The summed E-state index contributed by atoms with van der Waals surface area (Å²) in [5, 5.41) is 3.72. The van der Waals surface area contributed by atoms with E-state index in [1.165, 1.54) is 12.1 Å². The quantitative estimate of drug-likeness (QED) is 0.183. The van der Waals surface area contributed by atoms with Crippen LogP contribution in [0.2, 0.25) is 0 Å². The Morgan fingerprint density at radius 2 is 1.80 bits per heavy atom. The third-order valence-corrected chi connectivity index (χ3v) is 8.65. The maximum atomic E-state index is 13.3. The molecule has 236 valence electrons. The van der Waals surface area contributed by atoms with Crippen LogP contribution in [0.5, 0.6) is 11.8 Å². The van der Waals surface area contributed by atoms with Gasteiger partial charge in [-0.15, -0.1) is 0 Å². The molecule has 2 fully saturated rings. The molecule has 11 heteroatoms. The summed E-state index contributed by atoms with van der Waals surface area (Å²) >= 11 is 0. The Hall–Kier alpha value is -5.16. The first-order valence-corrected chi connectivity index (χ1v) is 15.5. The van der Waals surface area contributed by atoms with Crippen molar-refractivity contribution in [1.29, 1.82) is 0 Å². The summed E-state index contributed by atoms with van der Waals surface area (Å²) in [7, 11) is 0. The predicted molar refractivity (Wildman–Crippen MR) is 175 cm³/mol. The first-order valence-electron chi connectivity index (χ1n) is 15.5. The van der Waals surface area contributed by atoms with Crippen molar-refractivity contribution in [2.75, 3.05) is 42.3 Å². The van der Waals surface area contributed by atoms with E-state index in [1.54, 1.807) is 25.3 Å². The van der Waals surface area contributed by atoms with Crippen molar-refractivity contribution in [1.82, 2.24) is 14.5 Å². The van der Waals surface area contributed by atoms with E-state index < -0.39 is 12.2 Å². The first kappa shape index (κ1) is 29.5. The molecule has 1 saturated heterocycles. The van der Waals surface area contributed by atoms with Crippen molar-refractivity contribution in [3.63, 3.8) is 0 Å². The van der Waals surface area contributed by atoms with Crippen LogP contribution in [0.1, 0.15) is 43.9 Å². The average Bonchev–Trinajstić information content (AvgIpc) is 3.32. The number of carbonyl (C=O) groups excluding carboxylic acids is 1. The molecule has 1 aliphatic heterocycles.